The van der Waals surface area contributed by atoms with Crippen LogP contribution in [0, 0.1) is 13.8 Å². The molecule has 4 aromatic heterocycles. The molecule has 0 aliphatic heterocycles. The standard InChI is InChI=1S/C19H19N5OS2/c1-13-12-15(16-6-5-11-26-16)22-24(13)10-7-20-18(25)17-14(2)21-19(27-17)23-8-3-4-9-23/h3-6,8-9,11-12H,7,10H2,1-2H3,(H,20,25). The predicted octanol–water partition coefficient (Wildman–Crippen LogP) is 3.91. The van der Waals surface area contributed by atoms with Crippen LogP contribution >= 0.6 is 22.7 Å². The van der Waals surface area contributed by atoms with Gasteiger partial charge in [0.15, 0.2) is 5.13 Å². The number of thiazole rings is 1. The molecule has 0 radical (unpaired) electrons. The smallest absolute Gasteiger partial charge is 0.263 e. The molecule has 4 aromatic rings. The van der Waals surface area contributed by atoms with Crippen molar-refractivity contribution < 1.29 is 4.79 Å². The molecule has 138 valence electrons. The van der Waals surface area contributed by atoms with Gasteiger partial charge in [-0.15, -0.1) is 11.3 Å². The summed E-state index contributed by atoms with van der Waals surface area (Å²) < 4.78 is 3.84. The number of thiophene rings is 1. The first-order valence-electron chi connectivity index (χ1n) is 8.59. The van der Waals surface area contributed by atoms with E-state index < -0.39 is 0 Å². The van der Waals surface area contributed by atoms with Crippen molar-refractivity contribution in [3.05, 3.63) is 64.4 Å². The summed E-state index contributed by atoms with van der Waals surface area (Å²) in [5.41, 5.74) is 2.80. The van der Waals surface area contributed by atoms with Gasteiger partial charge in [-0.05, 0) is 43.5 Å². The second-order valence-corrected chi connectivity index (χ2v) is 8.05. The number of carbonyl (C=O) groups is 1. The van der Waals surface area contributed by atoms with Crippen LogP contribution in [0.25, 0.3) is 15.7 Å². The second-order valence-electron chi connectivity index (χ2n) is 6.13. The van der Waals surface area contributed by atoms with Crippen LogP contribution in [0.15, 0.2) is 48.1 Å². The van der Waals surface area contributed by atoms with E-state index in [-0.39, 0.29) is 5.91 Å². The minimum absolute atomic E-state index is 0.0910. The molecule has 0 aliphatic carbocycles. The first-order chi connectivity index (χ1) is 13.1. The van der Waals surface area contributed by atoms with Gasteiger partial charge in [0.25, 0.3) is 5.91 Å². The molecule has 4 rings (SSSR count). The van der Waals surface area contributed by atoms with E-state index in [1.807, 2.05) is 59.1 Å². The van der Waals surface area contributed by atoms with Crippen molar-refractivity contribution in [2.75, 3.05) is 6.54 Å². The molecule has 6 nitrogen and oxygen atoms in total. The van der Waals surface area contributed by atoms with Gasteiger partial charge in [0.05, 0.1) is 17.1 Å². The van der Waals surface area contributed by atoms with Crippen molar-refractivity contribution >= 4 is 28.6 Å². The summed E-state index contributed by atoms with van der Waals surface area (Å²) in [6.45, 7) is 5.04. The molecule has 1 N–H and O–H groups in total. The van der Waals surface area contributed by atoms with Crippen LogP contribution in [0.1, 0.15) is 21.1 Å². The summed E-state index contributed by atoms with van der Waals surface area (Å²) in [5.74, 6) is -0.0910. The Balaban J connectivity index is 1.39. The van der Waals surface area contributed by atoms with Crippen LogP contribution in [0.4, 0.5) is 0 Å². The van der Waals surface area contributed by atoms with Crippen LogP contribution in [0.3, 0.4) is 0 Å². The Morgan fingerprint density at radius 1 is 1.22 bits per heavy atom. The monoisotopic (exact) mass is 397 g/mol. The van der Waals surface area contributed by atoms with Gasteiger partial charge in [0.1, 0.15) is 10.6 Å². The molecule has 4 heterocycles. The number of nitrogens with one attached hydrogen (secondary N) is 1. The van der Waals surface area contributed by atoms with Crippen molar-refractivity contribution in [3.63, 3.8) is 0 Å². The minimum Gasteiger partial charge on any atom is -0.349 e. The Kier molecular flexibility index (Phi) is 4.91. The van der Waals surface area contributed by atoms with Gasteiger partial charge < -0.3 is 9.88 Å². The number of carbonyl (C=O) groups excluding carboxylic acids is 1. The van der Waals surface area contributed by atoms with E-state index in [2.05, 4.69) is 27.5 Å². The van der Waals surface area contributed by atoms with Crippen LogP contribution in [-0.4, -0.2) is 31.8 Å². The molecule has 0 unspecified atom stereocenters. The van der Waals surface area contributed by atoms with Gasteiger partial charge in [-0.2, -0.15) is 5.10 Å². The molecular formula is C19H19N5OS2. The topological polar surface area (TPSA) is 64.7 Å². The maximum absolute atomic E-state index is 12.5. The largest absolute Gasteiger partial charge is 0.349 e. The maximum Gasteiger partial charge on any atom is 0.263 e. The summed E-state index contributed by atoms with van der Waals surface area (Å²) in [6, 6.07) is 10.0. The highest BCUT2D eigenvalue weighted by molar-refractivity contribution is 7.16. The summed E-state index contributed by atoms with van der Waals surface area (Å²) in [5, 5.41) is 10.5. The summed E-state index contributed by atoms with van der Waals surface area (Å²) in [4.78, 5) is 18.8. The van der Waals surface area contributed by atoms with E-state index in [1.165, 1.54) is 11.3 Å². The molecule has 0 saturated carbocycles. The van der Waals surface area contributed by atoms with E-state index in [0.29, 0.717) is 18.0 Å². The van der Waals surface area contributed by atoms with Crippen LogP contribution in [0.5, 0.6) is 0 Å². The zero-order chi connectivity index (χ0) is 18.8. The number of hydrogen-bond donors (Lipinski definition) is 1. The predicted molar refractivity (Wildman–Crippen MR) is 109 cm³/mol. The highest BCUT2D eigenvalue weighted by Gasteiger charge is 2.16. The Labute approximate surface area is 165 Å². The van der Waals surface area contributed by atoms with Gasteiger partial charge in [0.2, 0.25) is 0 Å². The zero-order valence-corrected chi connectivity index (χ0v) is 16.7. The zero-order valence-electron chi connectivity index (χ0n) is 15.0. The van der Waals surface area contributed by atoms with Crippen molar-refractivity contribution in [2.45, 2.75) is 20.4 Å². The van der Waals surface area contributed by atoms with E-state index in [4.69, 9.17) is 0 Å². The Hall–Kier alpha value is -2.71. The van der Waals surface area contributed by atoms with Gasteiger partial charge in [-0.3, -0.25) is 9.48 Å². The highest BCUT2D eigenvalue weighted by atomic mass is 32.1. The maximum atomic E-state index is 12.5. The number of nitrogens with zero attached hydrogens (tertiary/aromatic N) is 4. The first-order valence-corrected chi connectivity index (χ1v) is 10.3. The molecule has 0 aliphatic rings. The lowest BCUT2D eigenvalue weighted by atomic mass is 10.3. The average Bonchev–Trinajstić information content (AvgIpc) is 3.42. The third-order valence-electron chi connectivity index (χ3n) is 4.18. The van der Waals surface area contributed by atoms with Crippen LogP contribution in [0.2, 0.25) is 0 Å². The fourth-order valence-electron chi connectivity index (χ4n) is 2.80. The van der Waals surface area contributed by atoms with Crippen LogP contribution in [-0.2, 0) is 6.54 Å². The summed E-state index contributed by atoms with van der Waals surface area (Å²) in [6.07, 6.45) is 3.84. The van der Waals surface area contributed by atoms with Crippen LogP contribution < -0.4 is 5.32 Å². The SMILES string of the molecule is Cc1nc(-n2cccc2)sc1C(=O)NCCn1nc(-c2cccs2)cc1C. The van der Waals surface area contributed by atoms with Gasteiger partial charge in [-0.1, -0.05) is 17.4 Å². The fourth-order valence-corrected chi connectivity index (χ4v) is 4.43. The molecule has 8 heteroatoms. The number of amides is 1. The molecule has 0 bridgehead atoms. The Bertz CT molecular complexity index is 1040. The lowest BCUT2D eigenvalue weighted by molar-refractivity contribution is 0.0955. The quantitative estimate of drug-likeness (QED) is 0.537. The van der Waals surface area contributed by atoms with Gasteiger partial charge >= 0.3 is 0 Å². The summed E-state index contributed by atoms with van der Waals surface area (Å²) >= 11 is 3.07. The molecule has 0 saturated heterocycles. The summed E-state index contributed by atoms with van der Waals surface area (Å²) in [7, 11) is 0. The van der Waals surface area contributed by atoms with Crippen molar-refractivity contribution in [1.29, 1.82) is 0 Å². The Morgan fingerprint density at radius 3 is 2.78 bits per heavy atom. The lowest BCUT2D eigenvalue weighted by Gasteiger charge is -2.06. The van der Waals surface area contributed by atoms with E-state index >= 15 is 0 Å². The third-order valence-corrected chi connectivity index (χ3v) is 6.24. The molecule has 0 aromatic carbocycles. The molecule has 1 amide bonds. The average molecular weight is 398 g/mol. The second kappa shape index (κ2) is 7.50. The third kappa shape index (κ3) is 3.72. The lowest BCUT2D eigenvalue weighted by Crippen LogP contribution is -2.27. The normalized spacial score (nSPS) is 11.0. The van der Waals surface area contributed by atoms with Crippen molar-refractivity contribution in [3.8, 4) is 15.7 Å². The molecular weight excluding hydrogens is 378 g/mol. The number of aryl methyl sites for hydroxylation is 2. The molecule has 27 heavy (non-hydrogen) atoms. The number of aromatic nitrogens is 4. The first kappa shape index (κ1) is 17.7. The highest BCUT2D eigenvalue weighted by Crippen LogP contribution is 2.24. The number of hydrogen-bond acceptors (Lipinski definition) is 5. The molecule has 0 spiro atoms. The van der Waals surface area contributed by atoms with Gasteiger partial charge in [0, 0.05) is 24.6 Å². The van der Waals surface area contributed by atoms with E-state index in [9.17, 15) is 4.79 Å². The van der Waals surface area contributed by atoms with Crippen molar-refractivity contribution in [2.24, 2.45) is 0 Å². The minimum atomic E-state index is -0.0910. The van der Waals surface area contributed by atoms with Gasteiger partial charge in [-0.25, -0.2) is 4.98 Å². The van der Waals surface area contributed by atoms with Crippen molar-refractivity contribution in [1.82, 2.24) is 24.6 Å². The van der Waals surface area contributed by atoms with E-state index in [1.54, 1.807) is 11.3 Å². The molecule has 0 atom stereocenters. The number of rotatable bonds is 6. The van der Waals surface area contributed by atoms with E-state index in [0.717, 1.165) is 27.1 Å². The Morgan fingerprint density at radius 2 is 2.04 bits per heavy atom. The molecule has 0 fully saturated rings. The fraction of sp³-hybridized carbons (Fsp3) is 0.211.